The van der Waals surface area contributed by atoms with Crippen molar-refractivity contribution in [3.8, 4) is 11.5 Å². The van der Waals surface area contributed by atoms with Gasteiger partial charge in [-0.05, 0) is 25.0 Å². The maximum atomic E-state index is 12.5. The first kappa shape index (κ1) is 27.0. The molecule has 0 aromatic heterocycles. The summed E-state index contributed by atoms with van der Waals surface area (Å²) in [7, 11) is 0. The zero-order valence-corrected chi connectivity index (χ0v) is 21.4. The fourth-order valence-electron chi connectivity index (χ4n) is 2.54. The third-order valence-corrected chi connectivity index (χ3v) is 5.32. The van der Waals surface area contributed by atoms with E-state index in [1.807, 2.05) is 19.1 Å². The maximum absolute atomic E-state index is 12.5. The van der Waals surface area contributed by atoms with E-state index < -0.39 is 0 Å². The van der Waals surface area contributed by atoms with Gasteiger partial charge in [-0.1, -0.05) is 99.4 Å². The number of halogens is 6. The van der Waals surface area contributed by atoms with Crippen molar-refractivity contribution in [3.05, 3.63) is 72.6 Å². The van der Waals surface area contributed by atoms with Gasteiger partial charge in [0.25, 0.3) is 5.91 Å². The van der Waals surface area contributed by atoms with Crippen LogP contribution in [0.1, 0.15) is 17.5 Å². The minimum Gasteiger partial charge on any atom is -0.490 e. The molecule has 0 fully saturated rings. The molecule has 0 aliphatic heterocycles. The van der Waals surface area contributed by atoms with Gasteiger partial charge in [0.15, 0.2) is 5.75 Å². The van der Waals surface area contributed by atoms with E-state index in [9.17, 15) is 4.79 Å². The normalized spacial score (nSPS) is 10.3. The quantitative estimate of drug-likeness (QED) is 0.240. The Hall–Kier alpha value is -1.27. The van der Waals surface area contributed by atoms with Gasteiger partial charge in [0.2, 0.25) is 0 Å². The van der Waals surface area contributed by atoms with Crippen molar-refractivity contribution >= 4 is 81.1 Å². The molecule has 0 unspecified atom stereocenters. The fraction of sp³-hybridized carbons (Fsp3) is 0.227. The number of rotatable bonds is 10. The van der Waals surface area contributed by atoms with Crippen LogP contribution >= 0.6 is 69.6 Å². The van der Waals surface area contributed by atoms with Gasteiger partial charge in [0, 0.05) is 18.7 Å². The molecule has 4 nitrogen and oxygen atoms in total. The van der Waals surface area contributed by atoms with Crippen molar-refractivity contribution < 1.29 is 14.3 Å². The number of amides is 1. The summed E-state index contributed by atoms with van der Waals surface area (Å²) in [6, 6.07) is 10.5. The molecule has 0 aliphatic rings. The number of nitrogens with one attached hydrogen (secondary N) is 1. The highest BCUT2D eigenvalue weighted by molar-refractivity contribution is 6.61. The molecule has 0 heterocycles. The van der Waals surface area contributed by atoms with E-state index in [-0.39, 0.29) is 43.7 Å². The zero-order valence-electron chi connectivity index (χ0n) is 16.9. The smallest absolute Gasteiger partial charge is 0.254 e. The van der Waals surface area contributed by atoms with Crippen LogP contribution in [0.5, 0.6) is 11.5 Å². The van der Waals surface area contributed by atoms with Crippen molar-refractivity contribution in [1.82, 2.24) is 5.32 Å². The number of hydrogen-bond donors (Lipinski definition) is 1. The largest absolute Gasteiger partial charge is 0.490 e. The van der Waals surface area contributed by atoms with Crippen molar-refractivity contribution in [3.63, 3.8) is 0 Å². The lowest BCUT2D eigenvalue weighted by Gasteiger charge is -2.13. The van der Waals surface area contributed by atoms with Crippen molar-refractivity contribution in [1.29, 1.82) is 0 Å². The molecule has 2 aromatic rings. The second-order valence-corrected chi connectivity index (χ2v) is 9.25. The second-order valence-electron chi connectivity index (χ2n) is 6.48. The Bertz CT molecular complexity index is 974. The number of benzene rings is 2. The molecule has 1 N–H and O–H groups in total. The minimum atomic E-state index is -0.377. The van der Waals surface area contributed by atoms with Crippen molar-refractivity contribution in [2.24, 2.45) is 0 Å². The molecule has 1 amide bonds. The molecule has 0 saturated heterocycles. The first-order chi connectivity index (χ1) is 15.2. The summed E-state index contributed by atoms with van der Waals surface area (Å²) in [5.74, 6) is 0.387. The molecule has 0 atom stereocenters. The van der Waals surface area contributed by atoms with Crippen molar-refractivity contribution in [2.75, 3.05) is 19.8 Å². The van der Waals surface area contributed by atoms with Crippen LogP contribution < -0.4 is 14.8 Å². The van der Waals surface area contributed by atoms with Crippen molar-refractivity contribution in [2.45, 2.75) is 13.3 Å². The first-order valence-electron chi connectivity index (χ1n) is 9.35. The SMILES string of the molecule is Cc1ccc(C(C(=O)NCCCOc2c(Cl)cc(OCC=C(Cl)Cl)cc2Cl)=C(Cl)Cl)cc1. The Balaban J connectivity index is 1.86. The summed E-state index contributed by atoms with van der Waals surface area (Å²) in [6.07, 6.45) is 1.98. The lowest BCUT2D eigenvalue weighted by molar-refractivity contribution is -0.115. The van der Waals surface area contributed by atoms with Gasteiger partial charge >= 0.3 is 0 Å². The van der Waals surface area contributed by atoms with Crippen LogP contribution in [-0.2, 0) is 4.79 Å². The Morgan fingerprint density at radius 3 is 2.19 bits per heavy atom. The predicted octanol–water partition coefficient (Wildman–Crippen LogP) is 7.73. The Kier molecular flexibility index (Phi) is 11.3. The standard InChI is InChI=1S/C22H19Cl6NO3/c1-13-3-5-14(6-4-13)19(21(27)28)22(30)29-8-2-9-32-20-16(23)11-15(12-17(20)24)31-10-7-18(25)26/h3-7,11-12H,2,8-10H2,1H3,(H,29,30). The van der Waals surface area contributed by atoms with Gasteiger partial charge < -0.3 is 14.8 Å². The molecule has 0 saturated carbocycles. The Morgan fingerprint density at radius 1 is 1.00 bits per heavy atom. The summed E-state index contributed by atoms with van der Waals surface area (Å²) >= 11 is 35.4. The van der Waals surface area contributed by atoms with Gasteiger partial charge in [-0.2, -0.15) is 0 Å². The lowest BCUT2D eigenvalue weighted by Crippen LogP contribution is -2.26. The van der Waals surface area contributed by atoms with Gasteiger partial charge in [-0.25, -0.2) is 0 Å². The lowest BCUT2D eigenvalue weighted by atomic mass is 10.1. The molecule has 0 aliphatic carbocycles. The molecular formula is C22H19Cl6NO3. The van der Waals surface area contributed by atoms with E-state index in [0.717, 1.165) is 5.56 Å². The summed E-state index contributed by atoms with van der Waals surface area (Å²) in [6.45, 7) is 2.71. The van der Waals surface area contributed by atoms with E-state index in [2.05, 4.69) is 5.32 Å². The molecule has 0 bridgehead atoms. The van der Waals surface area contributed by atoms with E-state index in [4.69, 9.17) is 79.1 Å². The number of ether oxygens (including phenoxy) is 2. The molecule has 32 heavy (non-hydrogen) atoms. The predicted molar refractivity (Wildman–Crippen MR) is 135 cm³/mol. The Labute approximate surface area is 217 Å². The number of aryl methyl sites for hydroxylation is 1. The van der Waals surface area contributed by atoms with Gasteiger partial charge in [0.05, 0.1) is 22.2 Å². The van der Waals surface area contributed by atoms with Crippen LogP contribution in [0.25, 0.3) is 5.57 Å². The van der Waals surface area contributed by atoms with Gasteiger partial charge in [-0.3, -0.25) is 4.79 Å². The van der Waals surface area contributed by atoms with Crippen LogP contribution in [0.2, 0.25) is 10.0 Å². The average Bonchev–Trinajstić information content (AvgIpc) is 2.70. The average molecular weight is 558 g/mol. The topological polar surface area (TPSA) is 47.6 Å². The molecular weight excluding hydrogens is 539 g/mol. The Morgan fingerprint density at radius 2 is 1.62 bits per heavy atom. The van der Waals surface area contributed by atoms with Crippen LogP contribution in [0.4, 0.5) is 0 Å². The monoisotopic (exact) mass is 555 g/mol. The van der Waals surface area contributed by atoms with Gasteiger partial charge in [-0.15, -0.1) is 0 Å². The maximum Gasteiger partial charge on any atom is 0.254 e. The number of carbonyl (C=O) groups is 1. The van der Waals surface area contributed by atoms with Crippen LogP contribution in [-0.4, -0.2) is 25.7 Å². The minimum absolute atomic E-state index is 0.101. The zero-order chi connectivity index (χ0) is 23.7. The summed E-state index contributed by atoms with van der Waals surface area (Å²) in [5, 5.41) is 3.35. The summed E-state index contributed by atoms with van der Waals surface area (Å²) < 4.78 is 11.1. The molecule has 2 rings (SSSR count). The fourth-order valence-corrected chi connectivity index (χ4v) is 3.63. The summed E-state index contributed by atoms with van der Waals surface area (Å²) in [5.41, 5.74) is 1.90. The molecule has 0 spiro atoms. The van der Waals surface area contributed by atoms with E-state index in [1.54, 1.807) is 24.3 Å². The summed E-state index contributed by atoms with van der Waals surface area (Å²) in [4.78, 5) is 12.5. The second kappa shape index (κ2) is 13.4. The third-order valence-electron chi connectivity index (χ3n) is 4.07. The molecule has 10 heteroatoms. The van der Waals surface area contributed by atoms with Gasteiger partial charge in [0.1, 0.15) is 21.3 Å². The highest BCUT2D eigenvalue weighted by atomic mass is 35.5. The van der Waals surface area contributed by atoms with E-state index in [0.29, 0.717) is 30.0 Å². The molecule has 172 valence electrons. The molecule has 2 aromatic carbocycles. The highest BCUT2D eigenvalue weighted by Crippen LogP contribution is 2.37. The number of hydrogen-bond acceptors (Lipinski definition) is 3. The molecule has 0 radical (unpaired) electrons. The third kappa shape index (κ3) is 8.58. The van der Waals surface area contributed by atoms with E-state index >= 15 is 0 Å². The number of carbonyl (C=O) groups excluding carboxylic acids is 1. The highest BCUT2D eigenvalue weighted by Gasteiger charge is 2.16. The van der Waals surface area contributed by atoms with Crippen LogP contribution in [0, 0.1) is 6.92 Å². The van der Waals surface area contributed by atoms with E-state index in [1.165, 1.54) is 6.08 Å². The van der Waals surface area contributed by atoms with Crippen LogP contribution in [0.3, 0.4) is 0 Å². The van der Waals surface area contributed by atoms with Crippen LogP contribution in [0.15, 0.2) is 51.5 Å². The first-order valence-corrected chi connectivity index (χ1v) is 11.6.